The van der Waals surface area contributed by atoms with E-state index in [-0.39, 0.29) is 0 Å². The number of nitrogens with zero attached hydrogens (tertiary/aromatic N) is 1. The minimum absolute atomic E-state index is 0.950. The highest BCUT2D eigenvalue weighted by Gasteiger charge is 2.06. The largest absolute Gasteiger partial charge is 0.370 e. The van der Waals surface area contributed by atoms with Gasteiger partial charge in [0.15, 0.2) is 0 Å². The van der Waals surface area contributed by atoms with Gasteiger partial charge in [-0.2, -0.15) is 11.3 Å². The Bertz CT molecular complexity index is 505. The standard InChI is InChI=1S/C16H22N2S/c1-4-17-10-14-5-6-16(13(2)9-14)18(3)11-15-7-8-19-12-15/h5-9,12,17H,4,10-11H2,1-3H3. The average Bonchev–Trinajstić information content (AvgIpc) is 2.89. The Balaban J connectivity index is 2.07. The van der Waals surface area contributed by atoms with Crippen molar-refractivity contribution in [2.45, 2.75) is 26.9 Å². The molecule has 1 aromatic heterocycles. The van der Waals surface area contributed by atoms with Crippen LogP contribution >= 0.6 is 11.3 Å². The highest BCUT2D eigenvalue weighted by Crippen LogP contribution is 2.22. The van der Waals surface area contributed by atoms with Gasteiger partial charge in [-0.1, -0.05) is 19.1 Å². The molecule has 0 amide bonds. The Kier molecular flexibility index (Phi) is 5.00. The van der Waals surface area contributed by atoms with Crippen molar-refractivity contribution in [1.29, 1.82) is 0 Å². The van der Waals surface area contributed by atoms with Crippen LogP contribution in [0.25, 0.3) is 0 Å². The van der Waals surface area contributed by atoms with Crippen molar-refractivity contribution in [1.82, 2.24) is 5.32 Å². The van der Waals surface area contributed by atoms with Crippen LogP contribution in [0.15, 0.2) is 35.0 Å². The van der Waals surface area contributed by atoms with E-state index >= 15 is 0 Å². The molecule has 0 fully saturated rings. The van der Waals surface area contributed by atoms with Gasteiger partial charge in [0.05, 0.1) is 0 Å². The summed E-state index contributed by atoms with van der Waals surface area (Å²) in [5.74, 6) is 0. The summed E-state index contributed by atoms with van der Waals surface area (Å²) in [4.78, 5) is 2.31. The van der Waals surface area contributed by atoms with Crippen molar-refractivity contribution in [3.8, 4) is 0 Å². The number of anilines is 1. The number of rotatable bonds is 6. The predicted molar refractivity (Wildman–Crippen MR) is 85.0 cm³/mol. The second-order valence-electron chi connectivity index (χ2n) is 4.89. The molecule has 0 saturated carbocycles. The molecule has 1 heterocycles. The van der Waals surface area contributed by atoms with E-state index in [1.807, 2.05) is 0 Å². The molecule has 0 spiro atoms. The molecule has 0 aliphatic carbocycles. The predicted octanol–water partition coefficient (Wildman–Crippen LogP) is 3.80. The van der Waals surface area contributed by atoms with Crippen LogP contribution in [-0.2, 0) is 13.1 Å². The van der Waals surface area contributed by atoms with Crippen molar-refractivity contribution in [3.05, 3.63) is 51.7 Å². The second-order valence-corrected chi connectivity index (χ2v) is 5.67. The van der Waals surface area contributed by atoms with Gasteiger partial charge >= 0.3 is 0 Å². The first-order chi connectivity index (χ1) is 9.20. The van der Waals surface area contributed by atoms with Crippen LogP contribution in [0.1, 0.15) is 23.6 Å². The first-order valence-corrected chi connectivity index (χ1v) is 7.67. The van der Waals surface area contributed by atoms with Gasteiger partial charge in [-0.15, -0.1) is 0 Å². The minimum atomic E-state index is 0.950. The number of hydrogen-bond donors (Lipinski definition) is 1. The van der Waals surface area contributed by atoms with E-state index in [1.54, 1.807) is 11.3 Å². The van der Waals surface area contributed by atoms with Crippen molar-refractivity contribution in [2.24, 2.45) is 0 Å². The molecule has 0 saturated heterocycles. The molecule has 0 radical (unpaired) electrons. The monoisotopic (exact) mass is 274 g/mol. The SMILES string of the molecule is CCNCc1ccc(N(C)Cc2ccsc2)c(C)c1. The first kappa shape index (κ1) is 14.1. The van der Waals surface area contributed by atoms with Gasteiger partial charge in [0.25, 0.3) is 0 Å². The van der Waals surface area contributed by atoms with E-state index in [9.17, 15) is 0 Å². The third kappa shape index (κ3) is 3.82. The molecule has 1 N–H and O–H groups in total. The minimum Gasteiger partial charge on any atom is -0.370 e. The second kappa shape index (κ2) is 6.73. The number of hydrogen-bond acceptors (Lipinski definition) is 3. The van der Waals surface area contributed by atoms with Crippen LogP contribution in [0, 0.1) is 6.92 Å². The first-order valence-electron chi connectivity index (χ1n) is 6.73. The molecule has 3 heteroatoms. The lowest BCUT2D eigenvalue weighted by Gasteiger charge is -2.21. The highest BCUT2D eigenvalue weighted by molar-refractivity contribution is 7.07. The maximum atomic E-state index is 3.36. The van der Waals surface area contributed by atoms with Gasteiger partial charge in [0, 0.05) is 25.8 Å². The topological polar surface area (TPSA) is 15.3 Å². The van der Waals surface area contributed by atoms with E-state index in [0.717, 1.165) is 19.6 Å². The molecule has 19 heavy (non-hydrogen) atoms. The van der Waals surface area contributed by atoms with Crippen LogP contribution in [0.2, 0.25) is 0 Å². The summed E-state index contributed by atoms with van der Waals surface area (Å²) < 4.78 is 0. The molecule has 0 aliphatic rings. The third-order valence-electron chi connectivity index (χ3n) is 3.25. The summed E-state index contributed by atoms with van der Waals surface area (Å²) in [7, 11) is 2.16. The molecule has 2 nitrogen and oxygen atoms in total. The van der Waals surface area contributed by atoms with Gasteiger partial charge in [0.2, 0.25) is 0 Å². The molecule has 0 aliphatic heterocycles. The number of benzene rings is 1. The summed E-state index contributed by atoms with van der Waals surface area (Å²) in [6.07, 6.45) is 0. The van der Waals surface area contributed by atoms with Gasteiger partial charge in [-0.25, -0.2) is 0 Å². The lowest BCUT2D eigenvalue weighted by Crippen LogP contribution is -2.17. The normalized spacial score (nSPS) is 10.7. The fourth-order valence-corrected chi connectivity index (χ4v) is 2.93. The van der Waals surface area contributed by atoms with Gasteiger partial charge < -0.3 is 10.2 Å². The number of thiophene rings is 1. The Morgan fingerprint density at radius 2 is 2.05 bits per heavy atom. The lowest BCUT2D eigenvalue weighted by atomic mass is 10.1. The highest BCUT2D eigenvalue weighted by atomic mass is 32.1. The Labute approximate surface area is 120 Å². The van der Waals surface area contributed by atoms with E-state index in [1.165, 1.54) is 22.4 Å². The van der Waals surface area contributed by atoms with Gasteiger partial charge in [-0.05, 0) is 53.1 Å². The van der Waals surface area contributed by atoms with Gasteiger partial charge in [-0.3, -0.25) is 0 Å². The zero-order chi connectivity index (χ0) is 13.7. The summed E-state index contributed by atoms with van der Waals surface area (Å²) in [6.45, 7) is 7.26. The van der Waals surface area contributed by atoms with E-state index in [0.29, 0.717) is 0 Å². The molecule has 2 rings (SSSR count). The number of aryl methyl sites for hydroxylation is 1. The van der Waals surface area contributed by atoms with E-state index in [2.05, 4.69) is 66.1 Å². The summed E-state index contributed by atoms with van der Waals surface area (Å²) in [6, 6.07) is 8.92. The Morgan fingerprint density at radius 1 is 1.21 bits per heavy atom. The summed E-state index contributed by atoms with van der Waals surface area (Å²) >= 11 is 1.76. The van der Waals surface area contributed by atoms with Crippen molar-refractivity contribution < 1.29 is 0 Å². The van der Waals surface area contributed by atoms with Crippen molar-refractivity contribution >= 4 is 17.0 Å². The van der Waals surface area contributed by atoms with Crippen molar-refractivity contribution in [3.63, 3.8) is 0 Å². The van der Waals surface area contributed by atoms with Crippen LogP contribution in [0.5, 0.6) is 0 Å². The maximum Gasteiger partial charge on any atom is 0.0434 e. The van der Waals surface area contributed by atoms with Crippen LogP contribution in [0.3, 0.4) is 0 Å². The van der Waals surface area contributed by atoms with Crippen LogP contribution < -0.4 is 10.2 Å². The Morgan fingerprint density at radius 3 is 2.68 bits per heavy atom. The van der Waals surface area contributed by atoms with E-state index < -0.39 is 0 Å². The number of nitrogens with one attached hydrogen (secondary N) is 1. The maximum absolute atomic E-state index is 3.36. The molecule has 2 aromatic rings. The zero-order valence-electron chi connectivity index (χ0n) is 11.9. The summed E-state index contributed by atoms with van der Waals surface area (Å²) in [5.41, 5.74) is 5.38. The molecular formula is C16H22N2S. The van der Waals surface area contributed by atoms with Gasteiger partial charge in [0.1, 0.15) is 0 Å². The van der Waals surface area contributed by atoms with Crippen molar-refractivity contribution in [2.75, 3.05) is 18.5 Å². The summed E-state index contributed by atoms with van der Waals surface area (Å²) in [5, 5.41) is 7.71. The fourth-order valence-electron chi connectivity index (χ4n) is 2.27. The average molecular weight is 274 g/mol. The molecule has 0 unspecified atom stereocenters. The molecule has 0 bridgehead atoms. The lowest BCUT2D eigenvalue weighted by molar-refractivity contribution is 0.726. The quantitative estimate of drug-likeness (QED) is 0.862. The Hall–Kier alpha value is -1.32. The van der Waals surface area contributed by atoms with Crippen LogP contribution in [0.4, 0.5) is 5.69 Å². The molecule has 102 valence electrons. The third-order valence-corrected chi connectivity index (χ3v) is 3.98. The molecular weight excluding hydrogens is 252 g/mol. The van der Waals surface area contributed by atoms with E-state index in [4.69, 9.17) is 0 Å². The zero-order valence-corrected chi connectivity index (χ0v) is 12.8. The smallest absolute Gasteiger partial charge is 0.0434 e. The molecule has 0 atom stereocenters. The fraction of sp³-hybridized carbons (Fsp3) is 0.375. The molecule has 1 aromatic carbocycles. The van der Waals surface area contributed by atoms with Crippen LogP contribution in [-0.4, -0.2) is 13.6 Å².